The smallest absolute Gasteiger partial charge is 0.225 e. The Morgan fingerprint density at radius 1 is 1.47 bits per heavy atom. The Kier molecular flexibility index (Phi) is 4.43. The van der Waals surface area contributed by atoms with E-state index in [0.717, 1.165) is 17.7 Å². The van der Waals surface area contributed by atoms with Gasteiger partial charge in [0.15, 0.2) is 0 Å². The molecule has 0 unspecified atom stereocenters. The van der Waals surface area contributed by atoms with Gasteiger partial charge in [-0.1, -0.05) is 12.1 Å². The van der Waals surface area contributed by atoms with Gasteiger partial charge >= 0.3 is 0 Å². The molecular weight excluding hydrogens is 240 g/mol. The molecule has 1 aromatic rings. The van der Waals surface area contributed by atoms with Crippen LogP contribution >= 0.6 is 0 Å². The van der Waals surface area contributed by atoms with Crippen molar-refractivity contribution >= 4 is 11.6 Å². The van der Waals surface area contributed by atoms with E-state index in [1.807, 2.05) is 14.1 Å². The highest BCUT2D eigenvalue weighted by molar-refractivity contribution is 5.79. The summed E-state index contributed by atoms with van der Waals surface area (Å²) in [6.45, 7) is 3.90. The summed E-state index contributed by atoms with van der Waals surface area (Å²) < 4.78 is 5.24. The number of anilines is 1. The van der Waals surface area contributed by atoms with Crippen LogP contribution in [0.15, 0.2) is 18.2 Å². The quantitative estimate of drug-likeness (QED) is 0.898. The molecule has 4 nitrogen and oxygen atoms in total. The first-order chi connectivity index (χ1) is 9.08. The highest BCUT2D eigenvalue weighted by Crippen LogP contribution is 2.20. The Morgan fingerprint density at radius 2 is 2.26 bits per heavy atom. The van der Waals surface area contributed by atoms with E-state index in [-0.39, 0.29) is 11.8 Å². The number of nitrogens with zero attached hydrogens (tertiary/aromatic N) is 1. The molecule has 1 atom stereocenters. The van der Waals surface area contributed by atoms with Crippen LogP contribution in [0, 0.1) is 12.8 Å². The van der Waals surface area contributed by atoms with Crippen LogP contribution in [-0.4, -0.2) is 33.2 Å². The Labute approximate surface area is 114 Å². The zero-order valence-electron chi connectivity index (χ0n) is 11.9. The number of rotatable bonds is 4. The van der Waals surface area contributed by atoms with Gasteiger partial charge in [0.2, 0.25) is 5.91 Å². The molecule has 1 saturated heterocycles. The summed E-state index contributed by atoms with van der Waals surface area (Å²) in [6, 6.07) is 6.30. The van der Waals surface area contributed by atoms with Crippen molar-refractivity contribution in [2.24, 2.45) is 5.92 Å². The number of aryl methyl sites for hydroxylation is 1. The van der Waals surface area contributed by atoms with E-state index >= 15 is 0 Å². The van der Waals surface area contributed by atoms with Gasteiger partial charge in [-0.3, -0.25) is 4.79 Å². The lowest BCUT2D eigenvalue weighted by molar-refractivity contribution is -0.125. The minimum absolute atomic E-state index is 0.0215. The van der Waals surface area contributed by atoms with Crippen molar-refractivity contribution in [2.75, 3.05) is 32.2 Å². The van der Waals surface area contributed by atoms with E-state index in [0.29, 0.717) is 19.8 Å². The number of carbonyl (C=O) groups is 1. The van der Waals surface area contributed by atoms with Crippen molar-refractivity contribution in [3.05, 3.63) is 29.3 Å². The summed E-state index contributed by atoms with van der Waals surface area (Å²) in [5.41, 5.74) is 3.52. The van der Waals surface area contributed by atoms with Crippen LogP contribution in [0.3, 0.4) is 0 Å². The molecule has 0 spiro atoms. The van der Waals surface area contributed by atoms with Crippen molar-refractivity contribution in [1.82, 2.24) is 5.32 Å². The molecule has 0 bridgehead atoms. The molecule has 2 rings (SSSR count). The van der Waals surface area contributed by atoms with Crippen molar-refractivity contribution in [3.8, 4) is 0 Å². The fraction of sp³-hybridized carbons (Fsp3) is 0.533. The number of hydrogen-bond acceptors (Lipinski definition) is 3. The maximum absolute atomic E-state index is 12.0. The minimum Gasteiger partial charge on any atom is -0.381 e. The predicted octanol–water partition coefficient (Wildman–Crippen LogP) is 1.71. The fourth-order valence-corrected chi connectivity index (χ4v) is 2.31. The summed E-state index contributed by atoms with van der Waals surface area (Å²) in [5, 5.41) is 3.01. The molecule has 1 aromatic carbocycles. The average Bonchev–Trinajstić information content (AvgIpc) is 2.90. The van der Waals surface area contributed by atoms with E-state index in [2.05, 4.69) is 35.3 Å². The number of amides is 1. The van der Waals surface area contributed by atoms with Gasteiger partial charge in [-0.2, -0.15) is 0 Å². The van der Waals surface area contributed by atoms with Crippen LogP contribution in [0.1, 0.15) is 17.5 Å². The van der Waals surface area contributed by atoms with Gasteiger partial charge in [-0.25, -0.2) is 0 Å². The van der Waals surface area contributed by atoms with Crippen molar-refractivity contribution in [3.63, 3.8) is 0 Å². The second kappa shape index (κ2) is 6.06. The van der Waals surface area contributed by atoms with Crippen LogP contribution in [0.25, 0.3) is 0 Å². The van der Waals surface area contributed by atoms with Crippen molar-refractivity contribution in [1.29, 1.82) is 0 Å². The lowest BCUT2D eigenvalue weighted by atomic mass is 10.1. The summed E-state index contributed by atoms with van der Waals surface area (Å²) in [6.07, 6.45) is 0.834. The Bertz CT molecular complexity index is 451. The molecule has 104 valence electrons. The lowest BCUT2D eigenvalue weighted by Gasteiger charge is -2.19. The Balaban J connectivity index is 2.00. The molecule has 1 heterocycles. The van der Waals surface area contributed by atoms with Gasteiger partial charge in [-0.05, 0) is 30.5 Å². The standard InChI is InChI=1S/C15H22N2O2/c1-11-4-5-12(14(8-11)17(2)3)9-16-15(18)13-6-7-19-10-13/h4-5,8,13H,6-7,9-10H2,1-3H3,(H,16,18)/t13-/m1/s1. The minimum atomic E-state index is 0.0215. The van der Waals surface area contributed by atoms with Crippen molar-refractivity contribution in [2.45, 2.75) is 19.9 Å². The highest BCUT2D eigenvalue weighted by Gasteiger charge is 2.23. The van der Waals surface area contributed by atoms with Gasteiger partial charge in [-0.15, -0.1) is 0 Å². The summed E-state index contributed by atoms with van der Waals surface area (Å²) >= 11 is 0. The molecule has 1 fully saturated rings. The molecule has 0 saturated carbocycles. The average molecular weight is 262 g/mol. The molecule has 0 radical (unpaired) electrons. The zero-order chi connectivity index (χ0) is 13.8. The summed E-state index contributed by atoms with van der Waals surface area (Å²) in [5.74, 6) is 0.121. The Morgan fingerprint density at radius 3 is 2.89 bits per heavy atom. The van der Waals surface area contributed by atoms with Crippen LogP contribution in [0.4, 0.5) is 5.69 Å². The normalized spacial score (nSPS) is 18.4. The summed E-state index contributed by atoms with van der Waals surface area (Å²) in [4.78, 5) is 14.0. The molecule has 4 heteroatoms. The van der Waals surface area contributed by atoms with Gasteiger partial charge in [0.1, 0.15) is 0 Å². The number of nitrogens with one attached hydrogen (secondary N) is 1. The molecule has 1 amide bonds. The van der Waals surface area contributed by atoms with Crippen LogP contribution in [0.5, 0.6) is 0 Å². The third-order valence-electron chi connectivity index (χ3n) is 3.48. The predicted molar refractivity (Wildman–Crippen MR) is 76.3 cm³/mol. The molecule has 1 N–H and O–H groups in total. The maximum Gasteiger partial charge on any atom is 0.225 e. The van der Waals surface area contributed by atoms with Crippen LogP contribution in [-0.2, 0) is 16.1 Å². The maximum atomic E-state index is 12.0. The van der Waals surface area contributed by atoms with E-state index < -0.39 is 0 Å². The SMILES string of the molecule is Cc1ccc(CNC(=O)[C@@H]2CCOC2)c(N(C)C)c1. The third-order valence-corrected chi connectivity index (χ3v) is 3.48. The van der Waals surface area contributed by atoms with Gasteiger partial charge in [0, 0.05) is 32.9 Å². The number of carbonyl (C=O) groups excluding carboxylic acids is 1. The van der Waals surface area contributed by atoms with E-state index in [1.54, 1.807) is 0 Å². The Hall–Kier alpha value is -1.55. The topological polar surface area (TPSA) is 41.6 Å². The highest BCUT2D eigenvalue weighted by atomic mass is 16.5. The van der Waals surface area contributed by atoms with Crippen molar-refractivity contribution < 1.29 is 9.53 Å². The second-order valence-electron chi connectivity index (χ2n) is 5.30. The third kappa shape index (κ3) is 3.47. The molecule has 19 heavy (non-hydrogen) atoms. The number of ether oxygens (including phenoxy) is 1. The van der Waals surface area contributed by atoms with Gasteiger partial charge < -0.3 is 15.0 Å². The van der Waals surface area contributed by atoms with Crippen LogP contribution < -0.4 is 10.2 Å². The van der Waals surface area contributed by atoms with Crippen LogP contribution in [0.2, 0.25) is 0 Å². The monoisotopic (exact) mass is 262 g/mol. The van der Waals surface area contributed by atoms with E-state index in [9.17, 15) is 4.79 Å². The van der Waals surface area contributed by atoms with Gasteiger partial charge in [0.05, 0.1) is 12.5 Å². The zero-order valence-corrected chi connectivity index (χ0v) is 11.9. The molecule has 1 aliphatic heterocycles. The first-order valence-electron chi connectivity index (χ1n) is 6.70. The fourth-order valence-electron chi connectivity index (χ4n) is 2.31. The lowest BCUT2D eigenvalue weighted by Crippen LogP contribution is -2.31. The van der Waals surface area contributed by atoms with E-state index in [4.69, 9.17) is 4.74 Å². The first kappa shape index (κ1) is 13.9. The molecule has 1 aliphatic rings. The molecule has 0 aromatic heterocycles. The number of hydrogen-bond donors (Lipinski definition) is 1. The first-order valence-corrected chi connectivity index (χ1v) is 6.70. The summed E-state index contributed by atoms with van der Waals surface area (Å²) in [7, 11) is 4.04. The van der Waals surface area contributed by atoms with E-state index in [1.165, 1.54) is 5.56 Å². The largest absolute Gasteiger partial charge is 0.381 e. The van der Waals surface area contributed by atoms with Gasteiger partial charge in [0.25, 0.3) is 0 Å². The molecule has 0 aliphatic carbocycles. The second-order valence-corrected chi connectivity index (χ2v) is 5.30. The number of benzene rings is 1. The molecular formula is C15H22N2O2.